The number of rotatable bonds is 3. The summed E-state index contributed by atoms with van der Waals surface area (Å²) >= 11 is 0. The lowest BCUT2D eigenvalue weighted by Gasteiger charge is -2.02. The Morgan fingerprint density at radius 3 is 2.79 bits per heavy atom. The van der Waals surface area contributed by atoms with E-state index in [2.05, 4.69) is 22.0 Å². The molecule has 6 heteroatoms. The van der Waals surface area contributed by atoms with Gasteiger partial charge in [0.25, 0.3) is 5.91 Å². The molecule has 0 aromatic carbocycles. The van der Waals surface area contributed by atoms with Crippen LogP contribution in [0.5, 0.6) is 0 Å². The fraction of sp³-hybridized carbons (Fsp3) is 0.250. The first-order valence-electron chi connectivity index (χ1n) is 3.93. The van der Waals surface area contributed by atoms with Crippen molar-refractivity contribution in [3.05, 3.63) is 24.8 Å². The zero-order valence-electron chi connectivity index (χ0n) is 7.73. The lowest BCUT2D eigenvalue weighted by molar-refractivity contribution is -0.117. The van der Waals surface area contributed by atoms with Gasteiger partial charge in [0.2, 0.25) is 5.91 Å². The van der Waals surface area contributed by atoms with Crippen LogP contribution >= 0.6 is 0 Å². The Kier molecular flexibility index (Phi) is 3.11. The summed E-state index contributed by atoms with van der Waals surface area (Å²) in [5.74, 6) is -0.699. The van der Waals surface area contributed by atoms with Crippen LogP contribution in [0.15, 0.2) is 24.8 Å². The number of nitrogens with zero attached hydrogens (tertiary/aromatic N) is 3. The second kappa shape index (κ2) is 4.31. The maximum Gasteiger partial charge on any atom is 0.267 e. The Morgan fingerprint density at radius 2 is 2.29 bits per heavy atom. The average molecular weight is 194 g/mol. The summed E-state index contributed by atoms with van der Waals surface area (Å²) in [4.78, 5) is 25.9. The van der Waals surface area contributed by atoms with E-state index in [1.54, 1.807) is 6.92 Å². The van der Waals surface area contributed by atoms with Crippen molar-refractivity contribution in [2.75, 3.05) is 6.54 Å². The molecule has 0 saturated carbocycles. The second-order valence-corrected chi connectivity index (χ2v) is 2.70. The van der Waals surface area contributed by atoms with E-state index in [0.29, 0.717) is 5.57 Å². The van der Waals surface area contributed by atoms with E-state index in [4.69, 9.17) is 0 Å². The third-order valence-corrected chi connectivity index (χ3v) is 1.46. The first-order chi connectivity index (χ1) is 6.61. The highest BCUT2D eigenvalue weighted by Gasteiger charge is 2.07. The fourth-order valence-corrected chi connectivity index (χ4v) is 0.725. The highest BCUT2D eigenvalue weighted by atomic mass is 16.2. The van der Waals surface area contributed by atoms with Crippen LogP contribution in [0.3, 0.4) is 0 Å². The molecular weight excluding hydrogens is 184 g/mol. The third kappa shape index (κ3) is 2.51. The highest BCUT2D eigenvalue weighted by molar-refractivity contribution is 5.94. The molecule has 74 valence electrons. The maximum absolute atomic E-state index is 11.2. The molecule has 0 atom stereocenters. The van der Waals surface area contributed by atoms with Crippen LogP contribution in [-0.4, -0.2) is 33.1 Å². The molecule has 6 nitrogen and oxygen atoms in total. The molecule has 0 saturated heterocycles. The van der Waals surface area contributed by atoms with E-state index in [0.717, 1.165) is 4.68 Å². The van der Waals surface area contributed by atoms with Crippen LogP contribution in [0.1, 0.15) is 11.7 Å². The maximum atomic E-state index is 11.2. The molecule has 1 rings (SSSR count). The Labute approximate surface area is 80.6 Å². The molecule has 1 N–H and O–H groups in total. The standard InChI is InChI=1S/C8H10N4O2/c1-6(2)8(14)10-3-7(13)12-5-9-4-11-12/h4-5H,1,3H2,2H3,(H,10,14). The van der Waals surface area contributed by atoms with Crippen LogP contribution < -0.4 is 5.32 Å². The minimum atomic E-state index is -0.350. The Bertz CT molecular complexity index is 355. The van der Waals surface area contributed by atoms with E-state index in [1.165, 1.54) is 12.7 Å². The lowest BCUT2D eigenvalue weighted by atomic mass is 10.3. The number of amides is 1. The summed E-state index contributed by atoms with van der Waals surface area (Å²) in [6.07, 6.45) is 2.52. The van der Waals surface area contributed by atoms with Crippen molar-refractivity contribution in [3.63, 3.8) is 0 Å². The third-order valence-electron chi connectivity index (χ3n) is 1.46. The zero-order valence-corrected chi connectivity index (χ0v) is 7.73. The van der Waals surface area contributed by atoms with Gasteiger partial charge in [0, 0.05) is 5.57 Å². The molecular formula is C8H10N4O2. The molecule has 0 bridgehead atoms. The summed E-state index contributed by atoms with van der Waals surface area (Å²) in [7, 11) is 0. The molecule has 0 aliphatic rings. The minimum absolute atomic E-state index is 0.116. The predicted octanol–water partition coefficient (Wildman–Crippen LogP) is -0.389. The van der Waals surface area contributed by atoms with Crippen LogP contribution in [0.25, 0.3) is 0 Å². The molecule has 14 heavy (non-hydrogen) atoms. The zero-order chi connectivity index (χ0) is 10.6. The van der Waals surface area contributed by atoms with Gasteiger partial charge >= 0.3 is 0 Å². The van der Waals surface area contributed by atoms with E-state index >= 15 is 0 Å². The molecule has 1 heterocycles. The first-order valence-corrected chi connectivity index (χ1v) is 3.93. The van der Waals surface area contributed by atoms with E-state index < -0.39 is 0 Å². The van der Waals surface area contributed by atoms with Crippen molar-refractivity contribution in [2.45, 2.75) is 6.92 Å². The number of carbonyl (C=O) groups is 2. The molecule has 1 amide bonds. The van der Waals surface area contributed by atoms with E-state index in [1.807, 2.05) is 0 Å². The molecule has 0 unspecified atom stereocenters. The van der Waals surface area contributed by atoms with Crippen LogP contribution in [0.4, 0.5) is 0 Å². The van der Waals surface area contributed by atoms with Gasteiger partial charge in [-0.15, -0.1) is 0 Å². The van der Waals surface area contributed by atoms with Crippen LogP contribution in [0, 0.1) is 0 Å². The van der Waals surface area contributed by atoms with Gasteiger partial charge in [0.1, 0.15) is 12.7 Å². The van der Waals surface area contributed by atoms with Gasteiger partial charge in [-0.05, 0) is 6.92 Å². The Hall–Kier alpha value is -1.98. The fourth-order valence-electron chi connectivity index (χ4n) is 0.725. The van der Waals surface area contributed by atoms with Gasteiger partial charge < -0.3 is 5.32 Å². The van der Waals surface area contributed by atoms with Crippen LogP contribution in [0.2, 0.25) is 0 Å². The number of hydrogen-bond acceptors (Lipinski definition) is 4. The Morgan fingerprint density at radius 1 is 1.57 bits per heavy atom. The largest absolute Gasteiger partial charge is 0.343 e. The van der Waals surface area contributed by atoms with Crippen molar-refractivity contribution in [1.29, 1.82) is 0 Å². The molecule has 0 spiro atoms. The smallest absolute Gasteiger partial charge is 0.267 e. The van der Waals surface area contributed by atoms with Crippen molar-refractivity contribution < 1.29 is 9.59 Å². The normalized spacial score (nSPS) is 9.50. The van der Waals surface area contributed by atoms with Crippen molar-refractivity contribution in [3.8, 4) is 0 Å². The number of hydrogen-bond donors (Lipinski definition) is 1. The highest BCUT2D eigenvalue weighted by Crippen LogP contribution is 1.85. The monoisotopic (exact) mass is 194 g/mol. The predicted molar refractivity (Wildman–Crippen MR) is 48.5 cm³/mol. The van der Waals surface area contributed by atoms with Gasteiger partial charge in [-0.2, -0.15) is 9.78 Å². The number of aromatic nitrogens is 3. The Balaban J connectivity index is 2.44. The molecule has 0 radical (unpaired) electrons. The average Bonchev–Trinajstić information content (AvgIpc) is 2.66. The summed E-state index contributed by atoms with van der Waals surface area (Å²) in [6, 6.07) is 0. The van der Waals surface area contributed by atoms with Crippen molar-refractivity contribution in [1.82, 2.24) is 20.1 Å². The quantitative estimate of drug-likeness (QED) is 0.665. The van der Waals surface area contributed by atoms with E-state index in [-0.39, 0.29) is 18.4 Å². The summed E-state index contributed by atoms with van der Waals surface area (Å²) < 4.78 is 1.05. The van der Waals surface area contributed by atoms with Crippen molar-refractivity contribution >= 4 is 11.8 Å². The van der Waals surface area contributed by atoms with Gasteiger partial charge in [-0.3, -0.25) is 9.59 Å². The summed E-state index contributed by atoms with van der Waals surface area (Å²) in [5.41, 5.74) is 0.358. The summed E-state index contributed by atoms with van der Waals surface area (Å²) in [6.45, 7) is 4.89. The SMILES string of the molecule is C=C(C)C(=O)NCC(=O)n1cncn1. The molecule has 0 fully saturated rings. The van der Waals surface area contributed by atoms with Gasteiger partial charge in [-0.25, -0.2) is 4.98 Å². The molecule has 0 aliphatic heterocycles. The van der Waals surface area contributed by atoms with Gasteiger partial charge in [0.15, 0.2) is 0 Å². The van der Waals surface area contributed by atoms with Crippen molar-refractivity contribution in [2.24, 2.45) is 0 Å². The van der Waals surface area contributed by atoms with Gasteiger partial charge in [-0.1, -0.05) is 6.58 Å². The molecule has 0 aliphatic carbocycles. The van der Waals surface area contributed by atoms with Crippen LogP contribution in [-0.2, 0) is 4.79 Å². The van der Waals surface area contributed by atoms with E-state index in [9.17, 15) is 9.59 Å². The minimum Gasteiger partial charge on any atom is -0.343 e. The second-order valence-electron chi connectivity index (χ2n) is 2.70. The first kappa shape index (κ1) is 10.1. The topological polar surface area (TPSA) is 76.9 Å². The molecule has 1 aromatic rings. The summed E-state index contributed by atoms with van der Waals surface area (Å²) in [5, 5.41) is 6.01. The molecule has 1 aromatic heterocycles. The lowest BCUT2D eigenvalue weighted by Crippen LogP contribution is -2.32. The van der Waals surface area contributed by atoms with Gasteiger partial charge in [0.05, 0.1) is 6.54 Å². The number of nitrogens with one attached hydrogen (secondary N) is 1. The number of carbonyl (C=O) groups excluding carboxylic acids is 2.